The highest BCUT2D eigenvalue weighted by Crippen LogP contribution is 2.23. The van der Waals surface area contributed by atoms with Gasteiger partial charge in [-0.15, -0.1) is 13.2 Å². The van der Waals surface area contributed by atoms with E-state index < -0.39 is 12.5 Å². The van der Waals surface area contributed by atoms with E-state index in [1.807, 2.05) is 32.0 Å². The Morgan fingerprint density at radius 1 is 0.914 bits per heavy atom. The molecular weight excluding hydrogens is 463 g/mol. The topological polar surface area (TPSA) is 81.5 Å². The minimum atomic E-state index is -4.75. The number of oxime groups is 2. The van der Waals surface area contributed by atoms with Crippen LogP contribution in [-0.4, -0.2) is 24.4 Å². The van der Waals surface area contributed by atoms with Crippen molar-refractivity contribution in [1.82, 2.24) is 0 Å². The van der Waals surface area contributed by atoms with E-state index in [2.05, 4.69) is 20.4 Å². The molecule has 0 aromatic heterocycles. The van der Waals surface area contributed by atoms with Gasteiger partial charge in [0.05, 0.1) is 11.9 Å². The van der Waals surface area contributed by atoms with Crippen LogP contribution in [0, 0.1) is 13.8 Å². The van der Waals surface area contributed by atoms with E-state index >= 15 is 0 Å². The van der Waals surface area contributed by atoms with Gasteiger partial charge in [0.1, 0.15) is 5.75 Å². The second-order valence-electron chi connectivity index (χ2n) is 7.41. The van der Waals surface area contributed by atoms with Crippen molar-refractivity contribution in [2.24, 2.45) is 10.3 Å². The number of rotatable bonds is 7. The average Bonchev–Trinajstić information content (AvgIpc) is 2.80. The fourth-order valence-electron chi connectivity index (χ4n) is 2.96. The van der Waals surface area contributed by atoms with Gasteiger partial charge in [0.2, 0.25) is 0 Å². The third-order valence-electron chi connectivity index (χ3n) is 4.72. The Morgan fingerprint density at radius 3 is 2.11 bits per heavy atom. The smallest absolute Gasteiger partial charge is 0.406 e. The normalized spacial score (nSPS) is 11.9. The molecule has 1 N–H and O–H groups in total. The molecule has 7 nitrogen and oxygen atoms in total. The number of nitrogens with one attached hydrogen (secondary N) is 1. The summed E-state index contributed by atoms with van der Waals surface area (Å²) in [6, 6.07) is 17.6. The van der Waals surface area contributed by atoms with Gasteiger partial charge >= 0.3 is 12.5 Å². The van der Waals surface area contributed by atoms with Crippen LogP contribution < -0.4 is 14.9 Å². The van der Waals surface area contributed by atoms with Gasteiger partial charge < -0.3 is 9.57 Å². The summed E-state index contributed by atoms with van der Waals surface area (Å²) >= 11 is 0. The van der Waals surface area contributed by atoms with Gasteiger partial charge in [0, 0.05) is 5.69 Å². The van der Waals surface area contributed by atoms with Crippen molar-refractivity contribution in [1.29, 1.82) is 0 Å². The fraction of sp³-hybridized carbons (Fsp3) is 0.160. The van der Waals surface area contributed by atoms with Gasteiger partial charge in [-0.25, -0.2) is 4.79 Å². The minimum Gasteiger partial charge on any atom is -0.406 e. The Kier molecular flexibility index (Phi) is 8.08. The quantitative estimate of drug-likeness (QED) is 0.233. The molecular formula is C25H22F3N3O4. The first-order valence-corrected chi connectivity index (χ1v) is 10.4. The number of para-hydroxylation sites is 1. The Bertz CT molecular complexity index is 1200. The predicted octanol–water partition coefficient (Wildman–Crippen LogP) is 6.59. The number of carbonyl (C=O) groups excluding carboxylic acids is 1. The second kappa shape index (κ2) is 11.2. The molecule has 3 rings (SSSR count). The van der Waals surface area contributed by atoms with Crippen LogP contribution in [0.1, 0.15) is 29.2 Å². The monoisotopic (exact) mass is 485 g/mol. The lowest BCUT2D eigenvalue weighted by Crippen LogP contribution is -2.17. The molecule has 0 heterocycles. The van der Waals surface area contributed by atoms with Crippen LogP contribution >= 0.6 is 0 Å². The standard InChI is InChI=1S/C25H22F3N3O4/c1-16-5-4-6-17(2)23(16)30-24(32)35-29-15-19-7-11-22(12-8-19)34-31-18(3)20-9-13-21(14-10-20)33-25(26,27)28/h4-15H,1-3H3,(H,30,32)/b29-15+,31-18+. The van der Waals surface area contributed by atoms with E-state index in [-0.39, 0.29) is 5.75 Å². The van der Waals surface area contributed by atoms with Crippen molar-refractivity contribution < 1.29 is 32.4 Å². The van der Waals surface area contributed by atoms with Gasteiger partial charge in [0.15, 0.2) is 5.75 Å². The van der Waals surface area contributed by atoms with E-state index in [1.165, 1.54) is 30.5 Å². The SMILES string of the molecule is C/C(=N\Oc1ccc(/C=N/OC(=O)Nc2c(C)cccc2C)cc1)c1ccc(OC(F)(F)F)cc1. The average molecular weight is 485 g/mol. The lowest BCUT2D eigenvalue weighted by molar-refractivity contribution is -0.274. The number of ether oxygens (including phenoxy) is 1. The van der Waals surface area contributed by atoms with Crippen LogP contribution in [0.5, 0.6) is 11.5 Å². The highest BCUT2D eigenvalue weighted by molar-refractivity contribution is 5.98. The molecule has 10 heteroatoms. The molecule has 0 fully saturated rings. The zero-order valence-electron chi connectivity index (χ0n) is 19.1. The number of alkyl halides is 3. The molecule has 3 aromatic carbocycles. The van der Waals surface area contributed by atoms with Crippen LogP contribution in [0.2, 0.25) is 0 Å². The highest BCUT2D eigenvalue weighted by atomic mass is 19.4. The van der Waals surface area contributed by atoms with Crippen molar-refractivity contribution in [3.05, 3.63) is 89.0 Å². The number of hydrogen-bond acceptors (Lipinski definition) is 6. The molecule has 3 aromatic rings. The fourth-order valence-corrected chi connectivity index (χ4v) is 2.96. The first-order chi connectivity index (χ1) is 16.6. The Labute approximate surface area is 199 Å². The van der Waals surface area contributed by atoms with E-state index in [0.717, 1.165) is 11.1 Å². The van der Waals surface area contributed by atoms with E-state index in [4.69, 9.17) is 9.68 Å². The molecule has 182 valence electrons. The van der Waals surface area contributed by atoms with Crippen molar-refractivity contribution in [2.45, 2.75) is 27.1 Å². The zero-order chi connectivity index (χ0) is 25.4. The number of aryl methyl sites for hydroxylation is 2. The van der Waals surface area contributed by atoms with Crippen LogP contribution in [0.3, 0.4) is 0 Å². The molecule has 0 saturated carbocycles. The summed E-state index contributed by atoms with van der Waals surface area (Å²) in [6.07, 6.45) is -4.09. The molecule has 0 atom stereocenters. The largest absolute Gasteiger partial charge is 0.573 e. The van der Waals surface area contributed by atoms with Crippen LogP contribution in [0.15, 0.2) is 77.0 Å². The third-order valence-corrected chi connectivity index (χ3v) is 4.72. The molecule has 0 radical (unpaired) electrons. The van der Waals surface area contributed by atoms with Gasteiger partial charge in [0.25, 0.3) is 0 Å². The third kappa shape index (κ3) is 7.88. The predicted molar refractivity (Wildman–Crippen MR) is 126 cm³/mol. The summed E-state index contributed by atoms with van der Waals surface area (Å²) in [5.41, 5.74) is 4.17. The number of benzene rings is 3. The summed E-state index contributed by atoms with van der Waals surface area (Å²) in [7, 11) is 0. The molecule has 1 amide bonds. The maximum Gasteiger partial charge on any atom is 0.573 e. The highest BCUT2D eigenvalue weighted by Gasteiger charge is 2.30. The number of amides is 1. The van der Waals surface area contributed by atoms with Crippen molar-refractivity contribution >= 4 is 23.7 Å². The number of anilines is 1. The second-order valence-corrected chi connectivity index (χ2v) is 7.41. The van der Waals surface area contributed by atoms with E-state index in [9.17, 15) is 18.0 Å². The molecule has 35 heavy (non-hydrogen) atoms. The first-order valence-electron chi connectivity index (χ1n) is 10.4. The summed E-state index contributed by atoms with van der Waals surface area (Å²) in [4.78, 5) is 22.2. The molecule has 0 spiro atoms. The molecule has 0 aliphatic carbocycles. The van der Waals surface area contributed by atoms with Crippen LogP contribution in [0.4, 0.5) is 23.7 Å². The Balaban J connectivity index is 1.51. The molecule has 0 aliphatic heterocycles. The van der Waals surface area contributed by atoms with Crippen LogP contribution in [-0.2, 0) is 4.84 Å². The van der Waals surface area contributed by atoms with Gasteiger partial charge in [-0.05, 0) is 91.6 Å². The maximum absolute atomic E-state index is 12.2. The maximum atomic E-state index is 12.2. The van der Waals surface area contributed by atoms with Crippen LogP contribution in [0.25, 0.3) is 0 Å². The summed E-state index contributed by atoms with van der Waals surface area (Å²) in [5.74, 6) is 0.103. The molecule has 0 bridgehead atoms. The van der Waals surface area contributed by atoms with Crippen molar-refractivity contribution in [3.63, 3.8) is 0 Å². The lowest BCUT2D eigenvalue weighted by Gasteiger charge is -2.09. The van der Waals surface area contributed by atoms with Gasteiger partial charge in [-0.3, -0.25) is 10.2 Å². The number of carbonyl (C=O) groups is 1. The Hall–Kier alpha value is -4.34. The minimum absolute atomic E-state index is 0.320. The number of nitrogens with zero attached hydrogens (tertiary/aromatic N) is 2. The summed E-state index contributed by atoms with van der Waals surface area (Å²) in [6.45, 7) is 5.41. The first kappa shape index (κ1) is 25.3. The van der Waals surface area contributed by atoms with Gasteiger partial charge in [-0.2, -0.15) is 0 Å². The van der Waals surface area contributed by atoms with Crippen molar-refractivity contribution in [3.8, 4) is 11.5 Å². The lowest BCUT2D eigenvalue weighted by atomic mass is 10.1. The van der Waals surface area contributed by atoms with E-state index in [1.54, 1.807) is 31.2 Å². The molecule has 0 aliphatic rings. The Morgan fingerprint density at radius 2 is 1.51 bits per heavy atom. The number of halogens is 3. The summed E-state index contributed by atoms with van der Waals surface area (Å²) in [5, 5.41) is 10.3. The van der Waals surface area contributed by atoms with Crippen molar-refractivity contribution in [2.75, 3.05) is 5.32 Å². The number of hydrogen-bond donors (Lipinski definition) is 1. The van der Waals surface area contributed by atoms with E-state index in [0.29, 0.717) is 28.3 Å². The molecule has 0 saturated heterocycles. The summed E-state index contributed by atoms with van der Waals surface area (Å²) < 4.78 is 40.6. The van der Waals surface area contributed by atoms with Gasteiger partial charge in [-0.1, -0.05) is 28.5 Å². The molecule has 0 unspecified atom stereocenters. The zero-order valence-corrected chi connectivity index (χ0v) is 19.1.